The zero-order valence-electron chi connectivity index (χ0n) is 11.5. The Balaban J connectivity index is 2.65. The van der Waals surface area contributed by atoms with Crippen LogP contribution >= 0.6 is 7.60 Å². The molecule has 0 bridgehead atoms. The molecular weight excluding hydrogens is 301 g/mol. The van der Waals surface area contributed by atoms with Crippen LogP contribution in [0.15, 0.2) is 30.3 Å². The molecule has 8 nitrogen and oxygen atoms in total. The van der Waals surface area contributed by atoms with E-state index >= 15 is 0 Å². The first-order valence-electron chi connectivity index (χ1n) is 5.84. The molecule has 0 saturated heterocycles. The predicted octanol–water partition coefficient (Wildman–Crippen LogP) is 1.81. The molecule has 1 rings (SSSR count). The van der Waals surface area contributed by atoms with Crippen LogP contribution in [0.25, 0.3) is 0 Å². The highest BCUT2D eigenvalue weighted by molar-refractivity contribution is 7.55. The molecule has 0 aliphatic carbocycles. The Bertz CT molecular complexity index is 526. The zero-order chi connectivity index (χ0) is 15.9. The standard InChI is InChI=1S/C12H16NO7P/c1-18-21(17,19-2)10(11(14)15)13-12(16)20-8-9-6-4-3-5-7-9/h3-7,10H,8H2,1-2H3,(H,13,16)(H,14,15)/t10-/m0/s1. The minimum atomic E-state index is -4.01. The number of aliphatic carboxylic acids is 1. The van der Waals surface area contributed by atoms with Gasteiger partial charge in [-0.2, -0.15) is 0 Å². The summed E-state index contributed by atoms with van der Waals surface area (Å²) in [6.07, 6.45) is -1.04. The van der Waals surface area contributed by atoms with Gasteiger partial charge in [0.2, 0.25) is 5.78 Å². The van der Waals surface area contributed by atoms with Crippen molar-refractivity contribution in [2.75, 3.05) is 14.2 Å². The Labute approximate surface area is 121 Å². The third-order valence-corrected chi connectivity index (χ3v) is 4.53. The zero-order valence-corrected chi connectivity index (χ0v) is 12.4. The number of carboxylic acids is 1. The molecule has 0 heterocycles. The van der Waals surface area contributed by atoms with Crippen molar-refractivity contribution in [2.45, 2.75) is 12.4 Å². The molecule has 0 aliphatic heterocycles. The SMILES string of the molecule is COP(=O)(OC)[C@H](NC(=O)OCc1ccccc1)C(=O)O. The van der Waals surface area contributed by atoms with Crippen molar-refractivity contribution in [3.8, 4) is 0 Å². The van der Waals surface area contributed by atoms with Crippen molar-refractivity contribution in [2.24, 2.45) is 0 Å². The second-order valence-corrected chi connectivity index (χ2v) is 6.18. The minimum absolute atomic E-state index is 0.0523. The molecule has 1 aromatic rings. The second-order valence-electron chi connectivity index (χ2n) is 3.85. The normalized spacial score (nSPS) is 12.5. The van der Waals surface area contributed by atoms with E-state index in [1.54, 1.807) is 30.3 Å². The number of carbonyl (C=O) groups is 2. The number of benzene rings is 1. The lowest BCUT2D eigenvalue weighted by Crippen LogP contribution is -2.41. The van der Waals surface area contributed by atoms with Crippen LogP contribution in [-0.2, 0) is 29.8 Å². The number of carboxylic acid groups (broad SMARTS) is 1. The van der Waals surface area contributed by atoms with Crippen LogP contribution in [0.2, 0.25) is 0 Å². The van der Waals surface area contributed by atoms with E-state index < -0.39 is 25.4 Å². The number of carbonyl (C=O) groups excluding carboxylic acids is 1. The molecule has 0 aromatic heterocycles. The highest BCUT2D eigenvalue weighted by Crippen LogP contribution is 2.50. The van der Waals surface area contributed by atoms with Crippen molar-refractivity contribution >= 4 is 19.7 Å². The molecule has 21 heavy (non-hydrogen) atoms. The fourth-order valence-corrected chi connectivity index (χ4v) is 2.54. The van der Waals surface area contributed by atoms with Gasteiger partial charge in [0.25, 0.3) is 0 Å². The second kappa shape index (κ2) is 7.78. The lowest BCUT2D eigenvalue weighted by molar-refractivity contribution is -0.137. The van der Waals surface area contributed by atoms with Crippen LogP contribution in [0.3, 0.4) is 0 Å². The predicted molar refractivity (Wildman–Crippen MR) is 72.8 cm³/mol. The molecule has 0 saturated carbocycles. The Kier molecular flexibility index (Phi) is 6.36. The maximum Gasteiger partial charge on any atom is 0.408 e. The van der Waals surface area contributed by atoms with Crippen molar-refractivity contribution < 1.29 is 33.0 Å². The number of hydrogen-bond acceptors (Lipinski definition) is 6. The number of alkyl carbamates (subject to hydrolysis) is 1. The first kappa shape index (κ1) is 17.2. The van der Waals surface area contributed by atoms with Crippen molar-refractivity contribution in [1.29, 1.82) is 0 Å². The number of hydrogen-bond donors (Lipinski definition) is 2. The highest BCUT2D eigenvalue weighted by atomic mass is 31.2. The third kappa shape index (κ3) is 4.86. The quantitative estimate of drug-likeness (QED) is 0.738. The summed E-state index contributed by atoms with van der Waals surface area (Å²) in [6.45, 7) is -0.0523. The van der Waals surface area contributed by atoms with E-state index in [2.05, 4.69) is 9.05 Å². The lowest BCUT2D eigenvalue weighted by Gasteiger charge is -2.21. The van der Waals surface area contributed by atoms with E-state index in [1.807, 2.05) is 5.32 Å². The van der Waals surface area contributed by atoms with Crippen LogP contribution < -0.4 is 5.32 Å². The van der Waals surface area contributed by atoms with Gasteiger partial charge in [-0.05, 0) is 5.56 Å². The summed E-state index contributed by atoms with van der Waals surface area (Å²) in [5.41, 5.74) is 0.723. The summed E-state index contributed by atoms with van der Waals surface area (Å²) in [7, 11) is -1.96. The molecule has 0 unspecified atom stereocenters. The van der Waals surface area contributed by atoms with Gasteiger partial charge in [-0.1, -0.05) is 30.3 Å². The topological polar surface area (TPSA) is 111 Å². The van der Waals surface area contributed by atoms with Crippen molar-refractivity contribution in [3.63, 3.8) is 0 Å². The van der Waals surface area contributed by atoms with E-state index in [9.17, 15) is 14.2 Å². The monoisotopic (exact) mass is 317 g/mol. The van der Waals surface area contributed by atoms with E-state index in [4.69, 9.17) is 9.84 Å². The van der Waals surface area contributed by atoms with Crippen LogP contribution in [0.5, 0.6) is 0 Å². The van der Waals surface area contributed by atoms with Gasteiger partial charge < -0.3 is 18.9 Å². The molecule has 116 valence electrons. The Morgan fingerprint density at radius 2 is 1.81 bits per heavy atom. The molecule has 1 amide bonds. The van der Waals surface area contributed by atoms with Gasteiger partial charge in [-0.15, -0.1) is 0 Å². The molecule has 1 aromatic carbocycles. The van der Waals surface area contributed by atoms with Gasteiger partial charge in [0.05, 0.1) is 0 Å². The molecule has 0 fully saturated rings. The van der Waals surface area contributed by atoms with Crippen LogP contribution in [0.1, 0.15) is 5.56 Å². The maximum absolute atomic E-state index is 12.0. The smallest absolute Gasteiger partial charge is 0.408 e. The van der Waals surface area contributed by atoms with Crippen molar-refractivity contribution in [1.82, 2.24) is 5.32 Å². The largest absolute Gasteiger partial charge is 0.479 e. The average Bonchev–Trinajstić information content (AvgIpc) is 2.50. The van der Waals surface area contributed by atoms with E-state index in [1.165, 1.54) is 0 Å². The van der Waals surface area contributed by atoms with Gasteiger partial charge in [0, 0.05) is 14.2 Å². The Morgan fingerprint density at radius 3 is 2.29 bits per heavy atom. The minimum Gasteiger partial charge on any atom is -0.479 e. The van der Waals surface area contributed by atoms with Crippen LogP contribution in [-0.4, -0.2) is 37.2 Å². The summed E-state index contributed by atoms with van der Waals surface area (Å²) in [5, 5.41) is 11.0. The van der Waals surface area contributed by atoms with Crippen LogP contribution in [0, 0.1) is 0 Å². The Morgan fingerprint density at radius 1 is 1.24 bits per heavy atom. The van der Waals surface area contributed by atoms with Gasteiger partial charge in [-0.3, -0.25) is 9.88 Å². The van der Waals surface area contributed by atoms with Gasteiger partial charge in [0.15, 0.2) is 0 Å². The summed E-state index contributed by atoms with van der Waals surface area (Å²) >= 11 is 0. The van der Waals surface area contributed by atoms with Gasteiger partial charge in [0.1, 0.15) is 6.61 Å². The molecule has 9 heteroatoms. The molecular formula is C12H16NO7P. The number of nitrogens with one attached hydrogen (secondary N) is 1. The third-order valence-electron chi connectivity index (χ3n) is 2.53. The number of rotatable bonds is 7. The summed E-state index contributed by atoms with van der Waals surface area (Å²) in [5.74, 6) is -3.41. The summed E-state index contributed by atoms with van der Waals surface area (Å²) in [6, 6.07) is 8.80. The molecule has 0 spiro atoms. The highest BCUT2D eigenvalue weighted by Gasteiger charge is 2.41. The van der Waals surface area contributed by atoms with Crippen LogP contribution in [0.4, 0.5) is 4.79 Å². The van der Waals surface area contributed by atoms with E-state index in [0.717, 1.165) is 19.8 Å². The molecule has 0 radical (unpaired) electrons. The maximum atomic E-state index is 12.0. The Hall–Kier alpha value is -1.89. The average molecular weight is 317 g/mol. The van der Waals surface area contributed by atoms with Gasteiger partial charge >= 0.3 is 19.7 Å². The van der Waals surface area contributed by atoms with Gasteiger partial charge in [-0.25, -0.2) is 9.59 Å². The summed E-state index contributed by atoms with van der Waals surface area (Å²) < 4.78 is 26.0. The molecule has 0 aliphatic rings. The van der Waals surface area contributed by atoms with E-state index in [-0.39, 0.29) is 6.61 Å². The summed E-state index contributed by atoms with van der Waals surface area (Å²) in [4.78, 5) is 22.7. The number of ether oxygens (including phenoxy) is 1. The fraction of sp³-hybridized carbons (Fsp3) is 0.333. The lowest BCUT2D eigenvalue weighted by atomic mass is 10.2. The molecule has 2 N–H and O–H groups in total. The number of amides is 1. The molecule has 1 atom stereocenters. The first-order valence-corrected chi connectivity index (χ1v) is 7.45. The van der Waals surface area contributed by atoms with Crippen molar-refractivity contribution in [3.05, 3.63) is 35.9 Å². The fourth-order valence-electron chi connectivity index (χ4n) is 1.44. The van der Waals surface area contributed by atoms with E-state index in [0.29, 0.717) is 0 Å². The first-order chi connectivity index (χ1) is 9.92.